The van der Waals surface area contributed by atoms with Crippen LogP contribution < -0.4 is 0 Å². The summed E-state index contributed by atoms with van der Waals surface area (Å²) in [6, 6.07) is 0. The third kappa shape index (κ3) is 9.18. The predicted octanol–water partition coefficient (Wildman–Crippen LogP) is 1.37. The molecule has 0 atom stereocenters. The first-order valence-electron chi connectivity index (χ1n) is 0.239. The van der Waals surface area contributed by atoms with Gasteiger partial charge in [0.05, 0.1) is 0 Å². The van der Waals surface area contributed by atoms with Crippen LogP contribution in [0.1, 0.15) is 0 Å². The van der Waals surface area contributed by atoms with Gasteiger partial charge in [-0.1, -0.05) is 0 Å². The van der Waals surface area contributed by atoms with Gasteiger partial charge in [-0.05, 0) is 0 Å². The van der Waals surface area contributed by atoms with Crippen LogP contribution in [0.25, 0.3) is 0 Å². The van der Waals surface area contributed by atoms with Crippen LogP contribution in [0.5, 0.6) is 0 Å². The molecule has 0 aliphatic rings. The molecule has 0 aliphatic carbocycles. The summed E-state index contributed by atoms with van der Waals surface area (Å²) in [7, 11) is 9.40. The Hall–Kier alpha value is 1.81. The molecule has 0 aromatic carbocycles. The average molecular weight is 327 g/mol. The molecule has 0 unspecified atom stereocenters. The Kier molecular flexibility index (Phi) is 20.5. The van der Waals surface area contributed by atoms with Gasteiger partial charge in [-0.2, -0.15) is 0 Å². The molecule has 0 N–H and O–H groups in total. The van der Waals surface area contributed by atoms with Crippen molar-refractivity contribution in [1.82, 2.24) is 0 Å². The summed E-state index contributed by atoms with van der Waals surface area (Å²) >= 11 is 0.569. The maximum absolute atomic E-state index is 4.70. The van der Waals surface area contributed by atoms with Crippen LogP contribution in [0.3, 0.4) is 0 Å². The second kappa shape index (κ2) is 8.84. The van der Waals surface area contributed by atoms with E-state index >= 15 is 0 Å². The molecule has 0 aliphatic heterocycles. The minimum atomic E-state index is 0. The fraction of sp³-hybridized carbons (Fsp3) is 0. The molecule has 35 valence electrons. The standard InChI is InChI=1S/Au.2ClH.Ni/h;2*1H;/q;;;+2/p-2. The molecule has 4 heavy (non-hydrogen) atoms. The Morgan fingerprint density at radius 3 is 1.25 bits per heavy atom. The van der Waals surface area contributed by atoms with Crippen LogP contribution >= 0.6 is 20.4 Å². The van der Waals surface area contributed by atoms with Gasteiger partial charge in [-0.3, -0.25) is 0 Å². The van der Waals surface area contributed by atoms with Crippen LogP contribution in [-0.2, 0) is 35.0 Å². The summed E-state index contributed by atoms with van der Waals surface area (Å²) in [6.45, 7) is 0. The van der Waals surface area contributed by atoms with Gasteiger partial charge < -0.3 is 0 Å². The molecule has 0 saturated carbocycles. The molecular formula is AuCl2Ni. The summed E-state index contributed by atoms with van der Waals surface area (Å²) in [5.41, 5.74) is 0. The molecule has 0 aromatic heterocycles. The quantitative estimate of drug-likeness (QED) is 0.590. The maximum atomic E-state index is 4.70. The summed E-state index contributed by atoms with van der Waals surface area (Å²) in [4.78, 5) is 0. The Bertz CT molecular complexity index is 6.00. The number of hydrogen-bond donors (Lipinski definition) is 0. The Morgan fingerprint density at radius 1 is 1.25 bits per heavy atom. The van der Waals surface area contributed by atoms with Gasteiger partial charge >= 0.3 is 33.0 Å². The van der Waals surface area contributed by atoms with Crippen LogP contribution in [-0.4, -0.2) is 0 Å². The van der Waals surface area contributed by atoms with E-state index in [0.29, 0.717) is 12.7 Å². The van der Waals surface area contributed by atoms with Crippen molar-refractivity contribution in [2.24, 2.45) is 0 Å². The van der Waals surface area contributed by atoms with E-state index in [0.717, 1.165) is 0 Å². The van der Waals surface area contributed by atoms with Crippen molar-refractivity contribution in [2.75, 3.05) is 0 Å². The zero-order chi connectivity index (χ0) is 2.71. The van der Waals surface area contributed by atoms with E-state index in [9.17, 15) is 0 Å². The van der Waals surface area contributed by atoms with E-state index in [2.05, 4.69) is 0 Å². The molecule has 0 aromatic rings. The fourth-order valence-electron chi connectivity index (χ4n) is 0. The van der Waals surface area contributed by atoms with E-state index in [1.807, 2.05) is 0 Å². The van der Waals surface area contributed by atoms with Crippen molar-refractivity contribution >= 4 is 20.4 Å². The van der Waals surface area contributed by atoms with Crippen LogP contribution in [0.15, 0.2) is 0 Å². The topological polar surface area (TPSA) is 0 Å². The van der Waals surface area contributed by atoms with Crippen molar-refractivity contribution in [3.63, 3.8) is 0 Å². The third-order valence-electron chi connectivity index (χ3n) is 0. The van der Waals surface area contributed by atoms with Crippen molar-refractivity contribution in [3.8, 4) is 0 Å². The van der Waals surface area contributed by atoms with Crippen molar-refractivity contribution in [3.05, 3.63) is 0 Å². The number of rotatable bonds is 0. The molecule has 0 amide bonds. The van der Waals surface area contributed by atoms with Crippen LogP contribution in [0.4, 0.5) is 0 Å². The Morgan fingerprint density at radius 2 is 1.25 bits per heavy atom. The zero-order valence-corrected chi connectivity index (χ0v) is 6.04. The SMILES string of the molecule is [Au].[Cl][Ni][Cl]. The molecule has 0 rings (SSSR count). The molecule has 0 nitrogen and oxygen atoms in total. The first kappa shape index (κ1) is 9.26. The molecule has 0 bridgehead atoms. The first-order valence-corrected chi connectivity index (χ1v) is 2.96. The molecule has 0 heterocycles. The molecular weight excluding hydrogens is 327 g/mol. The van der Waals surface area contributed by atoms with Crippen molar-refractivity contribution in [1.29, 1.82) is 0 Å². The fourth-order valence-corrected chi connectivity index (χ4v) is 0. The van der Waals surface area contributed by atoms with Gasteiger partial charge in [0.15, 0.2) is 0 Å². The Labute approximate surface area is 55.1 Å². The minimum absolute atomic E-state index is 0. The van der Waals surface area contributed by atoms with E-state index < -0.39 is 0 Å². The van der Waals surface area contributed by atoms with Crippen molar-refractivity contribution in [2.45, 2.75) is 0 Å². The van der Waals surface area contributed by atoms with Crippen molar-refractivity contribution < 1.29 is 35.0 Å². The van der Waals surface area contributed by atoms with E-state index in [1.165, 1.54) is 0 Å². The third-order valence-corrected chi connectivity index (χ3v) is 0. The molecule has 0 spiro atoms. The first-order chi connectivity index (χ1) is 1.41. The molecule has 4 heteroatoms. The second-order valence-electron chi connectivity index (χ2n) is 0.0452. The monoisotopic (exact) mass is 325 g/mol. The Balaban J connectivity index is 0. The van der Waals surface area contributed by atoms with Gasteiger partial charge in [-0.15, -0.1) is 0 Å². The van der Waals surface area contributed by atoms with Gasteiger partial charge in [-0.25, -0.2) is 0 Å². The molecule has 0 fully saturated rings. The van der Waals surface area contributed by atoms with E-state index in [4.69, 9.17) is 20.4 Å². The van der Waals surface area contributed by atoms with Gasteiger partial charge in [0.2, 0.25) is 0 Å². The predicted molar refractivity (Wildman–Crippen MR) is 11.7 cm³/mol. The summed E-state index contributed by atoms with van der Waals surface area (Å²) < 4.78 is 0. The van der Waals surface area contributed by atoms with Gasteiger partial charge in [0, 0.05) is 22.4 Å². The number of halogens is 2. The molecule has 1 radical (unpaired) electrons. The average Bonchev–Trinajstić information content (AvgIpc) is 0.918. The van der Waals surface area contributed by atoms with Gasteiger partial charge in [0.25, 0.3) is 0 Å². The van der Waals surface area contributed by atoms with Crippen LogP contribution in [0, 0.1) is 0 Å². The van der Waals surface area contributed by atoms with E-state index in [-0.39, 0.29) is 22.4 Å². The van der Waals surface area contributed by atoms with Crippen LogP contribution in [0.2, 0.25) is 0 Å². The zero-order valence-electron chi connectivity index (χ0n) is 1.37. The number of hydrogen-bond acceptors (Lipinski definition) is 0. The normalized spacial score (nSPS) is 5.50. The second-order valence-corrected chi connectivity index (χ2v) is 1.68. The summed E-state index contributed by atoms with van der Waals surface area (Å²) in [5.74, 6) is 0. The summed E-state index contributed by atoms with van der Waals surface area (Å²) in [5, 5.41) is 0. The molecule has 0 saturated heterocycles. The summed E-state index contributed by atoms with van der Waals surface area (Å²) in [6.07, 6.45) is 0. The van der Waals surface area contributed by atoms with E-state index in [1.54, 1.807) is 0 Å². The van der Waals surface area contributed by atoms with Gasteiger partial charge in [0.1, 0.15) is 0 Å².